The van der Waals surface area contributed by atoms with Crippen molar-refractivity contribution in [3.05, 3.63) is 24.7 Å². The number of fused-ring (bicyclic) bond motifs is 1. The third-order valence-corrected chi connectivity index (χ3v) is 5.57. The average molecular weight is 323 g/mol. The molecule has 0 bridgehead atoms. The van der Waals surface area contributed by atoms with Crippen molar-refractivity contribution >= 4 is 27.2 Å². The van der Waals surface area contributed by atoms with Crippen LogP contribution < -0.4 is 5.32 Å². The van der Waals surface area contributed by atoms with Crippen LogP contribution in [0.1, 0.15) is 13.3 Å². The van der Waals surface area contributed by atoms with Crippen molar-refractivity contribution in [2.45, 2.75) is 19.4 Å². The van der Waals surface area contributed by atoms with Gasteiger partial charge in [-0.1, -0.05) is 0 Å². The topological polar surface area (TPSA) is 96.7 Å². The first-order valence-electron chi connectivity index (χ1n) is 7.06. The monoisotopic (exact) mass is 323 g/mol. The minimum atomic E-state index is -3.03. The number of carbonyl (C=O) groups is 1. The first-order valence-corrected chi connectivity index (χ1v) is 8.88. The summed E-state index contributed by atoms with van der Waals surface area (Å²) in [5.41, 5.74) is 1.09. The number of urea groups is 1. The van der Waals surface area contributed by atoms with Gasteiger partial charge in [0, 0.05) is 18.8 Å². The molecule has 1 aliphatic rings. The molecule has 1 N–H and O–H groups in total. The van der Waals surface area contributed by atoms with E-state index in [9.17, 15) is 13.2 Å². The zero-order chi connectivity index (χ0) is 15.7. The van der Waals surface area contributed by atoms with E-state index in [4.69, 9.17) is 0 Å². The van der Waals surface area contributed by atoms with Gasteiger partial charge in [0.15, 0.2) is 15.5 Å². The Balaban J connectivity index is 1.79. The van der Waals surface area contributed by atoms with E-state index in [1.165, 1.54) is 0 Å². The predicted octanol–water partition coefficient (Wildman–Crippen LogP) is 0.770. The molecule has 1 aliphatic heterocycles. The van der Waals surface area contributed by atoms with Gasteiger partial charge in [-0.15, -0.1) is 10.2 Å². The first-order chi connectivity index (χ1) is 10.5. The molecular weight excluding hydrogens is 306 g/mol. The molecule has 0 unspecified atom stereocenters. The number of hydrogen-bond donors (Lipinski definition) is 1. The molecule has 1 fully saturated rings. The summed E-state index contributed by atoms with van der Waals surface area (Å²) in [6, 6.07) is 2.93. The molecule has 22 heavy (non-hydrogen) atoms. The Hall–Kier alpha value is -2.16. The van der Waals surface area contributed by atoms with Gasteiger partial charge >= 0.3 is 6.03 Å². The molecule has 9 heteroatoms. The van der Waals surface area contributed by atoms with E-state index in [0.29, 0.717) is 24.3 Å². The summed E-state index contributed by atoms with van der Waals surface area (Å²) in [6.07, 6.45) is 3.82. The van der Waals surface area contributed by atoms with Crippen molar-refractivity contribution in [2.75, 3.05) is 23.4 Å². The molecule has 3 heterocycles. The zero-order valence-electron chi connectivity index (χ0n) is 12.1. The lowest BCUT2D eigenvalue weighted by atomic mass is 10.2. The number of anilines is 1. The summed E-state index contributed by atoms with van der Waals surface area (Å²) in [5.74, 6) is 0.171. The molecule has 2 aromatic rings. The van der Waals surface area contributed by atoms with Crippen molar-refractivity contribution in [3.8, 4) is 0 Å². The molecule has 0 aromatic carbocycles. The molecule has 1 saturated heterocycles. The maximum atomic E-state index is 12.5. The molecule has 2 aromatic heterocycles. The van der Waals surface area contributed by atoms with Gasteiger partial charge in [-0.25, -0.2) is 13.2 Å². The van der Waals surface area contributed by atoms with E-state index >= 15 is 0 Å². The fourth-order valence-corrected chi connectivity index (χ4v) is 4.46. The Bertz CT molecular complexity index is 801. The standard InChI is InChI=1S/C13H17N5O3S/c1-2-18(10-5-7-22(20,21)8-10)13(19)15-11-4-3-6-17-9-14-16-12(11)17/h3-4,6,9-10H,2,5,7-8H2,1H3,(H,15,19)/t10-/m0/s1. The number of hydrogen-bond acceptors (Lipinski definition) is 5. The highest BCUT2D eigenvalue weighted by Gasteiger charge is 2.34. The van der Waals surface area contributed by atoms with Gasteiger partial charge in [0.25, 0.3) is 0 Å². The second-order valence-electron chi connectivity index (χ2n) is 5.26. The van der Waals surface area contributed by atoms with Crippen LogP contribution in [0.15, 0.2) is 24.7 Å². The van der Waals surface area contributed by atoms with Crippen LogP contribution >= 0.6 is 0 Å². The summed E-state index contributed by atoms with van der Waals surface area (Å²) >= 11 is 0. The maximum Gasteiger partial charge on any atom is 0.322 e. The summed E-state index contributed by atoms with van der Waals surface area (Å²) in [6.45, 7) is 2.28. The molecule has 1 atom stereocenters. The van der Waals surface area contributed by atoms with E-state index in [0.717, 1.165) is 0 Å². The molecule has 0 aliphatic carbocycles. The van der Waals surface area contributed by atoms with Gasteiger partial charge in [0.2, 0.25) is 0 Å². The Morgan fingerprint density at radius 3 is 3.05 bits per heavy atom. The lowest BCUT2D eigenvalue weighted by Crippen LogP contribution is -2.43. The molecule has 0 spiro atoms. The molecule has 2 amide bonds. The second kappa shape index (κ2) is 5.56. The molecule has 0 radical (unpaired) electrons. The average Bonchev–Trinajstić information content (AvgIpc) is 3.07. The Morgan fingerprint density at radius 2 is 2.36 bits per heavy atom. The van der Waals surface area contributed by atoms with Crippen LogP contribution in [0, 0.1) is 0 Å². The Kier molecular flexibility index (Phi) is 3.73. The van der Waals surface area contributed by atoms with E-state index in [-0.39, 0.29) is 23.6 Å². The van der Waals surface area contributed by atoms with Gasteiger partial charge in [-0.3, -0.25) is 4.40 Å². The Labute approximate surface area is 128 Å². The summed E-state index contributed by atoms with van der Waals surface area (Å²) in [4.78, 5) is 14.0. The summed E-state index contributed by atoms with van der Waals surface area (Å²) < 4.78 is 24.9. The zero-order valence-corrected chi connectivity index (χ0v) is 13.0. The SMILES string of the molecule is CCN(C(=O)Nc1cccn2cnnc12)[C@H]1CCS(=O)(=O)C1. The number of amides is 2. The lowest BCUT2D eigenvalue weighted by molar-refractivity contribution is 0.198. The normalized spacial score (nSPS) is 20.1. The largest absolute Gasteiger partial charge is 0.322 e. The molecule has 3 rings (SSSR count). The van der Waals surface area contributed by atoms with E-state index < -0.39 is 9.84 Å². The number of pyridine rings is 1. The number of rotatable bonds is 3. The minimum Gasteiger partial charge on any atom is -0.321 e. The van der Waals surface area contributed by atoms with Crippen LogP contribution in [0.4, 0.5) is 10.5 Å². The number of nitrogens with zero attached hydrogens (tertiary/aromatic N) is 4. The van der Waals surface area contributed by atoms with Gasteiger partial charge in [-0.05, 0) is 25.5 Å². The van der Waals surface area contributed by atoms with Gasteiger partial charge in [0.1, 0.15) is 6.33 Å². The fraction of sp³-hybridized carbons (Fsp3) is 0.462. The molecule has 0 saturated carbocycles. The van der Waals surface area contributed by atoms with Crippen LogP contribution in [0.5, 0.6) is 0 Å². The van der Waals surface area contributed by atoms with E-state index in [1.807, 2.05) is 6.92 Å². The van der Waals surface area contributed by atoms with E-state index in [2.05, 4.69) is 15.5 Å². The molecule has 8 nitrogen and oxygen atoms in total. The van der Waals surface area contributed by atoms with Crippen LogP contribution in [-0.4, -0.2) is 58.0 Å². The highest BCUT2D eigenvalue weighted by molar-refractivity contribution is 7.91. The van der Waals surface area contributed by atoms with Gasteiger partial charge < -0.3 is 10.2 Å². The minimum absolute atomic E-state index is 0.0311. The Morgan fingerprint density at radius 1 is 1.55 bits per heavy atom. The highest BCUT2D eigenvalue weighted by Crippen LogP contribution is 2.20. The maximum absolute atomic E-state index is 12.5. The third kappa shape index (κ3) is 2.76. The highest BCUT2D eigenvalue weighted by atomic mass is 32.2. The first kappa shape index (κ1) is 14.8. The van der Waals surface area contributed by atoms with E-state index in [1.54, 1.807) is 34.0 Å². The van der Waals surface area contributed by atoms with Crippen LogP contribution in [-0.2, 0) is 9.84 Å². The second-order valence-corrected chi connectivity index (χ2v) is 7.49. The molecular formula is C13H17N5O3S. The molecule has 118 valence electrons. The van der Waals surface area contributed by atoms with Crippen molar-refractivity contribution in [3.63, 3.8) is 0 Å². The number of nitrogens with one attached hydrogen (secondary N) is 1. The number of sulfone groups is 1. The van der Waals surface area contributed by atoms with Crippen molar-refractivity contribution in [2.24, 2.45) is 0 Å². The van der Waals surface area contributed by atoms with Crippen molar-refractivity contribution in [1.82, 2.24) is 19.5 Å². The third-order valence-electron chi connectivity index (χ3n) is 3.82. The fourth-order valence-electron chi connectivity index (χ4n) is 2.72. The van der Waals surface area contributed by atoms with Gasteiger partial charge in [-0.2, -0.15) is 0 Å². The van der Waals surface area contributed by atoms with Crippen LogP contribution in [0.2, 0.25) is 0 Å². The van der Waals surface area contributed by atoms with Crippen LogP contribution in [0.3, 0.4) is 0 Å². The van der Waals surface area contributed by atoms with Crippen LogP contribution in [0.25, 0.3) is 5.65 Å². The predicted molar refractivity (Wildman–Crippen MR) is 81.4 cm³/mol. The smallest absolute Gasteiger partial charge is 0.321 e. The van der Waals surface area contributed by atoms with Gasteiger partial charge in [0.05, 0.1) is 17.2 Å². The van der Waals surface area contributed by atoms with Crippen molar-refractivity contribution < 1.29 is 13.2 Å². The lowest BCUT2D eigenvalue weighted by Gasteiger charge is -2.27. The number of aromatic nitrogens is 3. The van der Waals surface area contributed by atoms with Crippen molar-refractivity contribution in [1.29, 1.82) is 0 Å². The summed E-state index contributed by atoms with van der Waals surface area (Å²) in [5, 5.41) is 10.6. The number of carbonyl (C=O) groups excluding carboxylic acids is 1. The summed E-state index contributed by atoms with van der Waals surface area (Å²) in [7, 11) is -3.03. The quantitative estimate of drug-likeness (QED) is 0.900.